The third-order valence-electron chi connectivity index (χ3n) is 5.88. The lowest BCUT2D eigenvalue weighted by Crippen LogP contribution is -2.00. The number of nitrogens with one attached hydrogen (secondary N) is 1. The molecule has 2 aromatic heterocycles. The Morgan fingerprint density at radius 2 is 1.54 bits per heavy atom. The summed E-state index contributed by atoms with van der Waals surface area (Å²) in [5, 5.41) is 4.37. The van der Waals surface area contributed by atoms with Crippen molar-refractivity contribution in [1.29, 1.82) is 0 Å². The van der Waals surface area contributed by atoms with Crippen LogP contribution in [0.2, 0.25) is 0 Å². The van der Waals surface area contributed by atoms with Gasteiger partial charge in [-0.05, 0) is 30.2 Å². The first-order valence-electron chi connectivity index (χ1n) is 11.2. The van der Waals surface area contributed by atoms with Crippen LogP contribution in [-0.2, 0) is 0 Å². The number of ether oxygens (including phenoxy) is 3. The van der Waals surface area contributed by atoms with Crippen molar-refractivity contribution in [2.24, 2.45) is 0 Å². The van der Waals surface area contributed by atoms with Crippen LogP contribution in [0.25, 0.3) is 27.8 Å². The van der Waals surface area contributed by atoms with E-state index < -0.39 is 0 Å². The van der Waals surface area contributed by atoms with Crippen molar-refractivity contribution in [2.45, 2.75) is 6.92 Å². The predicted molar refractivity (Wildman–Crippen MR) is 138 cm³/mol. The van der Waals surface area contributed by atoms with Gasteiger partial charge in [0.1, 0.15) is 12.1 Å². The van der Waals surface area contributed by atoms with E-state index in [0.717, 1.165) is 33.5 Å². The van der Waals surface area contributed by atoms with Gasteiger partial charge >= 0.3 is 0 Å². The molecule has 0 aliphatic rings. The van der Waals surface area contributed by atoms with E-state index in [-0.39, 0.29) is 0 Å². The average molecular weight is 467 g/mol. The van der Waals surface area contributed by atoms with Gasteiger partial charge in [0.05, 0.1) is 26.7 Å². The lowest BCUT2D eigenvalue weighted by atomic mass is 10.1. The van der Waals surface area contributed by atoms with Crippen LogP contribution in [0, 0.1) is 6.92 Å². The van der Waals surface area contributed by atoms with E-state index >= 15 is 0 Å². The van der Waals surface area contributed by atoms with Gasteiger partial charge in [0.2, 0.25) is 5.75 Å². The Kier molecular flexibility index (Phi) is 5.97. The molecular formula is C28H26N4O3. The fraction of sp³-hybridized carbons (Fsp3) is 0.143. The minimum Gasteiger partial charge on any atom is -0.493 e. The molecule has 176 valence electrons. The Morgan fingerprint density at radius 1 is 0.800 bits per heavy atom. The van der Waals surface area contributed by atoms with E-state index in [1.54, 1.807) is 27.7 Å². The Hall–Kier alpha value is -4.52. The van der Waals surface area contributed by atoms with E-state index in [1.165, 1.54) is 5.56 Å². The molecule has 0 fully saturated rings. The second kappa shape index (κ2) is 9.38. The fourth-order valence-electron chi connectivity index (χ4n) is 4.26. The summed E-state index contributed by atoms with van der Waals surface area (Å²) in [5.41, 5.74) is 5.87. The SMILES string of the molecule is COc1cc(Nc2ncnc3c2c(-c2ccccc2)cn3-c2cccc(C)c2)cc(OC)c1OC. The second-order valence-electron chi connectivity index (χ2n) is 8.08. The van der Waals surface area contributed by atoms with Gasteiger partial charge in [-0.3, -0.25) is 0 Å². The number of aryl methyl sites for hydroxylation is 1. The summed E-state index contributed by atoms with van der Waals surface area (Å²) in [6.45, 7) is 2.08. The molecule has 0 aliphatic heterocycles. The van der Waals surface area contributed by atoms with Crippen LogP contribution in [0.4, 0.5) is 11.5 Å². The zero-order valence-corrected chi connectivity index (χ0v) is 20.1. The molecule has 0 saturated heterocycles. The summed E-state index contributed by atoms with van der Waals surface area (Å²) in [7, 11) is 4.78. The summed E-state index contributed by atoms with van der Waals surface area (Å²) < 4.78 is 18.6. The van der Waals surface area contributed by atoms with Crippen LogP contribution in [0.1, 0.15) is 5.56 Å². The van der Waals surface area contributed by atoms with Crippen molar-refractivity contribution in [1.82, 2.24) is 14.5 Å². The van der Waals surface area contributed by atoms with Crippen LogP contribution < -0.4 is 19.5 Å². The number of nitrogens with zero attached hydrogens (tertiary/aromatic N) is 3. The third-order valence-corrected chi connectivity index (χ3v) is 5.88. The first-order chi connectivity index (χ1) is 17.1. The maximum absolute atomic E-state index is 5.53. The zero-order valence-electron chi connectivity index (χ0n) is 20.1. The second-order valence-corrected chi connectivity index (χ2v) is 8.08. The van der Waals surface area contributed by atoms with Crippen molar-refractivity contribution < 1.29 is 14.2 Å². The number of hydrogen-bond donors (Lipinski definition) is 1. The van der Waals surface area contributed by atoms with E-state index in [2.05, 4.69) is 69.4 Å². The molecule has 0 aliphatic carbocycles. The molecule has 3 aromatic carbocycles. The molecule has 5 rings (SSSR count). The van der Waals surface area contributed by atoms with Gasteiger partial charge in [0.15, 0.2) is 17.1 Å². The maximum Gasteiger partial charge on any atom is 0.203 e. The monoisotopic (exact) mass is 466 g/mol. The molecule has 0 atom stereocenters. The molecule has 0 saturated carbocycles. The first-order valence-corrected chi connectivity index (χ1v) is 11.2. The van der Waals surface area contributed by atoms with Gasteiger partial charge in [-0.1, -0.05) is 42.5 Å². The van der Waals surface area contributed by atoms with Gasteiger partial charge < -0.3 is 24.1 Å². The molecule has 0 bridgehead atoms. The Bertz CT molecular complexity index is 1470. The highest BCUT2D eigenvalue weighted by atomic mass is 16.5. The topological polar surface area (TPSA) is 70.4 Å². The molecule has 2 heterocycles. The smallest absolute Gasteiger partial charge is 0.203 e. The highest BCUT2D eigenvalue weighted by Crippen LogP contribution is 2.42. The summed E-state index contributed by atoms with van der Waals surface area (Å²) in [6.07, 6.45) is 3.69. The molecule has 35 heavy (non-hydrogen) atoms. The molecule has 0 amide bonds. The van der Waals surface area contributed by atoms with E-state index in [4.69, 9.17) is 14.2 Å². The molecular weight excluding hydrogens is 440 g/mol. The van der Waals surface area contributed by atoms with Gasteiger partial charge in [-0.2, -0.15) is 0 Å². The van der Waals surface area contributed by atoms with Crippen LogP contribution in [0.5, 0.6) is 17.2 Å². The van der Waals surface area contributed by atoms with Gasteiger partial charge in [0, 0.05) is 35.3 Å². The minimum absolute atomic E-state index is 0.531. The summed E-state index contributed by atoms with van der Waals surface area (Å²) in [5.74, 6) is 2.32. The van der Waals surface area contributed by atoms with Crippen LogP contribution in [0.3, 0.4) is 0 Å². The lowest BCUT2D eigenvalue weighted by Gasteiger charge is -2.15. The van der Waals surface area contributed by atoms with Gasteiger partial charge in [-0.25, -0.2) is 9.97 Å². The zero-order chi connectivity index (χ0) is 24.4. The Balaban J connectivity index is 1.72. The summed E-state index contributed by atoms with van der Waals surface area (Å²) in [6, 6.07) is 22.3. The van der Waals surface area contributed by atoms with Crippen molar-refractivity contribution in [2.75, 3.05) is 26.6 Å². The molecule has 5 aromatic rings. The van der Waals surface area contributed by atoms with Crippen LogP contribution >= 0.6 is 0 Å². The summed E-state index contributed by atoms with van der Waals surface area (Å²) in [4.78, 5) is 9.29. The number of hydrogen-bond acceptors (Lipinski definition) is 6. The summed E-state index contributed by atoms with van der Waals surface area (Å²) >= 11 is 0. The number of aromatic nitrogens is 3. The highest BCUT2D eigenvalue weighted by molar-refractivity contribution is 6.03. The standard InChI is InChI=1S/C28H26N4O3/c1-18-9-8-12-21(13-18)32-16-22(19-10-6-5-7-11-19)25-27(29-17-30-28(25)32)31-20-14-23(33-2)26(35-4)24(15-20)34-3/h5-17H,1-4H3,(H,29,30,31). The molecule has 0 radical (unpaired) electrons. The number of methoxy groups -OCH3 is 3. The predicted octanol–water partition coefficient (Wildman–Crippen LogP) is 6.17. The van der Waals surface area contributed by atoms with Gasteiger partial charge in [0.25, 0.3) is 0 Å². The molecule has 7 nitrogen and oxygen atoms in total. The number of rotatable bonds is 7. The first kappa shape index (κ1) is 22.3. The quantitative estimate of drug-likeness (QED) is 0.310. The Labute approximate surface area is 203 Å². The Morgan fingerprint density at radius 3 is 2.20 bits per heavy atom. The van der Waals surface area contributed by atoms with E-state index in [0.29, 0.717) is 23.1 Å². The molecule has 0 unspecified atom stereocenters. The fourth-order valence-corrected chi connectivity index (χ4v) is 4.26. The lowest BCUT2D eigenvalue weighted by molar-refractivity contribution is 0.324. The largest absolute Gasteiger partial charge is 0.493 e. The van der Waals surface area contributed by atoms with Crippen molar-refractivity contribution in [3.63, 3.8) is 0 Å². The number of benzene rings is 3. The van der Waals surface area contributed by atoms with Gasteiger partial charge in [-0.15, -0.1) is 0 Å². The van der Waals surface area contributed by atoms with E-state index in [9.17, 15) is 0 Å². The molecule has 7 heteroatoms. The number of anilines is 2. The van der Waals surface area contributed by atoms with Crippen molar-refractivity contribution in [3.8, 4) is 34.1 Å². The van der Waals surface area contributed by atoms with Crippen LogP contribution in [-0.4, -0.2) is 35.9 Å². The molecule has 0 spiro atoms. The highest BCUT2D eigenvalue weighted by Gasteiger charge is 2.19. The normalized spacial score (nSPS) is 10.9. The number of fused-ring (bicyclic) bond motifs is 1. The molecule has 1 N–H and O–H groups in total. The third kappa shape index (κ3) is 4.12. The van der Waals surface area contributed by atoms with E-state index in [1.807, 2.05) is 30.3 Å². The van der Waals surface area contributed by atoms with Crippen LogP contribution in [0.15, 0.2) is 79.3 Å². The van der Waals surface area contributed by atoms with Crippen molar-refractivity contribution in [3.05, 3.63) is 84.8 Å². The maximum atomic E-state index is 5.53. The minimum atomic E-state index is 0.531. The average Bonchev–Trinajstić information content (AvgIpc) is 3.29. The van der Waals surface area contributed by atoms with Crippen molar-refractivity contribution >= 4 is 22.5 Å².